The van der Waals surface area contributed by atoms with E-state index in [1.54, 1.807) is 24.3 Å². The molecule has 0 aromatic heterocycles. The Morgan fingerprint density at radius 3 is 2.10 bits per heavy atom. The van der Waals surface area contributed by atoms with Gasteiger partial charge in [-0.2, -0.15) is 0 Å². The van der Waals surface area contributed by atoms with Crippen LogP contribution in [0, 0.1) is 10.1 Å². The van der Waals surface area contributed by atoms with Crippen LogP contribution in [0.3, 0.4) is 0 Å². The van der Waals surface area contributed by atoms with E-state index < -0.39 is 16.9 Å². The van der Waals surface area contributed by atoms with E-state index in [0.29, 0.717) is 11.1 Å². The average Bonchev–Trinajstić information content (AvgIpc) is 2.78. The number of nitrogens with one attached hydrogen (secondary N) is 1. The number of ether oxygens (including phenoxy) is 1. The minimum atomic E-state index is -0.553. The Labute approximate surface area is 173 Å². The van der Waals surface area contributed by atoms with Gasteiger partial charge in [-0.15, -0.1) is 0 Å². The van der Waals surface area contributed by atoms with Crippen LogP contribution in [0.2, 0.25) is 0 Å². The van der Waals surface area contributed by atoms with Crippen LogP contribution >= 0.6 is 0 Å². The smallest absolute Gasteiger partial charge is 0.308 e. The van der Waals surface area contributed by atoms with Gasteiger partial charge < -0.3 is 10.1 Å². The molecule has 3 aromatic rings. The Morgan fingerprint density at radius 1 is 0.900 bits per heavy atom. The van der Waals surface area contributed by atoms with E-state index in [2.05, 4.69) is 5.32 Å². The highest BCUT2D eigenvalue weighted by atomic mass is 16.6. The van der Waals surface area contributed by atoms with E-state index in [4.69, 9.17) is 4.74 Å². The van der Waals surface area contributed by atoms with Crippen molar-refractivity contribution in [2.24, 2.45) is 0 Å². The van der Waals surface area contributed by atoms with Crippen molar-refractivity contribution in [2.75, 3.05) is 0 Å². The number of nitro benzene ring substituents is 1. The van der Waals surface area contributed by atoms with Gasteiger partial charge >= 0.3 is 5.97 Å². The zero-order chi connectivity index (χ0) is 21.3. The first-order chi connectivity index (χ1) is 14.5. The first-order valence-corrected chi connectivity index (χ1v) is 9.33. The van der Waals surface area contributed by atoms with Crippen molar-refractivity contribution >= 4 is 17.6 Å². The lowest BCUT2D eigenvalue weighted by molar-refractivity contribution is -0.384. The number of nitrogens with zero attached hydrogens (tertiary/aromatic N) is 1. The van der Waals surface area contributed by atoms with Crippen LogP contribution in [0.5, 0.6) is 0 Å². The maximum atomic E-state index is 12.6. The second-order valence-electron chi connectivity index (χ2n) is 6.59. The molecule has 0 aliphatic heterocycles. The van der Waals surface area contributed by atoms with E-state index in [9.17, 15) is 19.7 Å². The summed E-state index contributed by atoms with van der Waals surface area (Å²) in [5.74, 6) is -0.775. The van der Waals surface area contributed by atoms with Crippen LogP contribution in [0.15, 0.2) is 84.9 Å². The van der Waals surface area contributed by atoms with Crippen molar-refractivity contribution in [1.29, 1.82) is 0 Å². The Bertz CT molecular complexity index is 1000. The van der Waals surface area contributed by atoms with Crippen LogP contribution in [-0.2, 0) is 16.1 Å². The zero-order valence-corrected chi connectivity index (χ0v) is 16.1. The maximum absolute atomic E-state index is 12.6. The number of nitro groups is 1. The summed E-state index contributed by atoms with van der Waals surface area (Å²) in [4.78, 5) is 35.2. The fourth-order valence-electron chi connectivity index (χ4n) is 2.87. The summed E-state index contributed by atoms with van der Waals surface area (Å²) in [6, 6.07) is 23.2. The van der Waals surface area contributed by atoms with Crippen LogP contribution in [0.1, 0.15) is 33.9 Å². The molecule has 0 heterocycles. The van der Waals surface area contributed by atoms with E-state index in [1.165, 1.54) is 24.3 Å². The second-order valence-corrected chi connectivity index (χ2v) is 6.59. The van der Waals surface area contributed by atoms with Gasteiger partial charge in [0.15, 0.2) is 0 Å². The molecule has 1 N–H and O–H groups in total. The summed E-state index contributed by atoms with van der Waals surface area (Å²) in [6.07, 6.45) is -0.0461. The molecule has 0 spiro atoms. The Balaban J connectivity index is 1.64. The molecular formula is C23H20N2O5. The number of rotatable bonds is 8. The van der Waals surface area contributed by atoms with Crippen molar-refractivity contribution in [3.63, 3.8) is 0 Å². The van der Waals surface area contributed by atoms with E-state index in [1.807, 2.05) is 36.4 Å². The minimum absolute atomic E-state index is 0.00896. The molecule has 30 heavy (non-hydrogen) atoms. The number of non-ortho nitro benzene ring substituents is 1. The second kappa shape index (κ2) is 9.97. The molecule has 0 aliphatic carbocycles. The van der Waals surface area contributed by atoms with Gasteiger partial charge in [-0.1, -0.05) is 48.5 Å². The lowest BCUT2D eigenvalue weighted by Crippen LogP contribution is -2.30. The first-order valence-electron chi connectivity index (χ1n) is 9.33. The fraction of sp³-hybridized carbons (Fsp3) is 0.130. The van der Waals surface area contributed by atoms with Crippen molar-refractivity contribution in [3.8, 4) is 0 Å². The fourth-order valence-corrected chi connectivity index (χ4v) is 2.87. The summed E-state index contributed by atoms with van der Waals surface area (Å²) < 4.78 is 5.31. The largest absolute Gasteiger partial charge is 0.461 e. The first kappa shape index (κ1) is 20.7. The molecule has 1 amide bonds. The predicted molar refractivity (Wildman–Crippen MR) is 111 cm³/mol. The molecule has 0 fully saturated rings. The molecular weight excluding hydrogens is 384 g/mol. The number of benzene rings is 3. The molecule has 3 rings (SSSR count). The van der Waals surface area contributed by atoms with E-state index in [-0.39, 0.29) is 24.6 Å². The van der Waals surface area contributed by atoms with Gasteiger partial charge in [0.25, 0.3) is 11.6 Å². The monoisotopic (exact) mass is 404 g/mol. The zero-order valence-electron chi connectivity index (χ0n) is 16.1. The molecule has 3 aromatic carbocycles. The number of hydrogen-bond donors (Lipinski definition) is 1. The number of carbonyl (C=O) groups excluding carboxylic acids is 2. The topological polar surface area (TPSA) is 98.5 Å². The van der Waals surface area contributed by atoms with Gasteiger partial charge in [-0.25, -0.2) is 0 Å². The molecule has 0 saturated carbocycles. The number of amides is 1. The Morgan fingerprint density at radius 2 is 1.50 bits per heavy atom. The summed E-state index contributed by atoms with van der Waals surface area (Å²) in [5, 5.41) is 13.6. The number of esters is 1. The van der Waals surface area contributed by atoms with Gasteiger partial charge in [0.2, 0.25) is 0 Å². The van der Waals surface area contributed by atoms with Crippen LogP contribution in [-0.4, -0.2) is 16.8 Å². The SMILES string of the molecule is O=C(C[C@H](NC(=O)c1ccccc1)c1ccccc1)OCc1ccc([N+](=O)[O-])cc1. The quantitative estimate of drug-likeness (QED) is 0.345. The summed E-state index contributed by atoms with van der Waals surface area (Å²) in [5.41, 5.74) is 1.89. The van der Waals surface area contributed by atoms with Gasteiger partial charge in [-0.05, 0) is 35.4 Å². The highest BCUT2D eigenvalue weighted by Crippen LogP contribution is 2.19. The molecule has 7 nitrogen and oxygen atoms in total. The number of carbonyl (C=O) groups is 2. The van der Waals surface area contributed by atoms with Crippen molar-refractivity contribution in [3.05, 3.63) is 112 Å². The summed E-state index contributed by atoms with van der Waals surface area (Å²) >= 11 is 0. The van der Waals surface area contributed by atoms with Crippen molar-refractivity contribution < 1.29 is 19.2 Å². The molecule has 0 unspecified atom stereocenters. The average molecular weight is 404 g/mol. The van der Waals surface area contributed by atoms with Gasteiger partial charge in [0.05, 0.1) is 17.4 Å². The van der Waals surface area contributed by atoms with Gasteiger partial charge in [0, 0.05) is 17.7 Å². The molecule has 0 saturated heterocycles. The van der Waals surface area contributed by atoms with Crippen LogP contribution in [0.4, 0.5) is 5.69 Å². The third-order valence-electron chi connectivity index (χ3n) is 4.46. The molecule has 1 atom stereocenters. The van der Waals surface area contributed by atoms with Gasteiger partial charge in [-0.3, -0.25) is 19.7 Å². The third-order valence-corrected chi connectivity index (χ3v) is 4.46. The summed E-state index contributed by atoms with van der Waals surface area (Å²) in [6.45, 7) is -0.00896. The normalized spacial score (nSPS) is 11.3. The summed E-state index contributed by atoms with van der Waals surface area (Å²) in [7, 11) is 0. The van der Waals surface area contributed by atoms with Crippen molar-refractivity contribution in [1.82, 2.24) is 5.32 Å². The molecule has 152 valence electrons. The van der Waals surface area contributed by atoms with Gasteiger partial charge in [0.1, 0.15) is 6.61 Å². The van der Waals surface area contributed by atoms with E-state index in [0.717, 1.165) is 5.56 Å². The lowest BCUT2D eigenvalue weighted by Gasteiger charge is -2.19. The Hall–Kier alpha value is -4.00. The molecule has 0 radical (unpaired) electrons. The molecule has 0 aliphatic rings. The highest BCUT2D eigenvalue weighted by Gasteiger charge is 2.20. The van der Waals surface area contributed by atoms with Crippen LogP contribution in [0.25, 0.3) is 0 Å². The standard InChI is InChI=1S/C23H20N2O5/c26-22(30-16-17-11-13-20(14-12-17)25(28)29)15-21(18-7-3-1-4-8-18)24-23(27)19-9-5-2-6-10-19/h1-14,21H,15-16H2,(H,24,27)/t21-/m0/s1. The van der Waals surface area contributed by atoms with Crippen molar-refractivity contribution in [2.45, 2.75) is 19.1 Å². The lowest BCUT2D eigenvalue weighted by atomic mass is 10.0. The Kier molecular flexibility index (Phi) is 6.89. The predicted octanol–water partition coefficient (Wildman–Crippen LogP) is 4.20. The third kappa shape index (κ3) is 5.75. The van der Waals surface area contributed by atoms with E-state index >= 15 is 0 Å². The minimum Gasteiger partial charge on any atom is -0.461 e. The highest BCUT2D eigenvalue weighted by molar-refractivity contribution is 5.94. The molecule has 7 heteroatoms. The molecule has 0 bridgehead atoms. The number of hydrogen-bond acceptors (Lipinski definition) is 5. The maximum Gasteiger partial charge on any atom is 0.308 e. The van der Waals surface area contributed by atoms with Crippen LogP contribution < -0.4 is 5.32 Å².